The summed E-state index contributed by atoms with van der Waals surface area (Å²) in [5.74, 6) is -2.53. The molecule has 6 atom stereocenters. The molecule has 0 aromatic heterocycles. The first-order valence-electron chi connectivity index (χ1n) is 16.8. The van der Waals surface area contributed by atoms with Gasteiger partial charge in [-0.05, 0) is 41.6 Å². The molecule has 0 radical (unpaired) electrons. The summed E-state index contributed by atoms with van der Waals surface area (Å²) in [5, 5.41) is 11.2. The maximum Gasteiger partial charge on any atom is 0.315 e. The van der Waals surface area contributed by atoms with Crippen LogP contribution in [0.25, 0.3) is 0 Å². The zero-order valence-electron chi connectivity index (χ0n) is 29.7. The van der Waals surface area contributed by atoms with E-state index < -0.39 is 59.3 Å². The molecule has 1 heterocycles. The zero-order valence-corrected chi connectivity index (χ0v) is 29.7. The van der Waals surface area contributed by atoms with Crippen LogP contribution in [0.1, 0.15) is 86.3 Å². The van der Waals surface area contributed by atoms with Gasteiger partial charge in [0.15, 0.2) is 0 Å². The van der Waals surface area contributed by atoms with Gasteiger partial charge in [0.25, 0.3) is 5.91 Å². The first kappa shape index (κ1) is 39.4. The number of nitrogens with one attached hydrogen (secondary N) is 4. The molecule has 0 saturated carbocycles. The lowest BCUT2D eigenvalue weighted by atomic mass is 9.84. The van der Waals surface area contributed by atoms with E-state index in [4.69, 9.17) is 4.74 Å². The van der Waals surface area contributed by atoms with E-state index in [0.717, 1.165) is 5.56 Å². The highest BCUT2D eigenvalue weighted by atomic mass is 16.5. The van der Waals surface area contributed by atoms with Crippen molar-refractivity contribution >= 4 is 29.5 Å². The van der Waals surface area contributed by atoms with Crippen LogP contribution in [-0.2, 0) is 23.9 Å². The van der Waals surface area contributed by atoms with Crippen molar-refractivity contribution in [3.63, 3.8) is 0 Å². The molecule has 0 bridgehead atoms. The Labute approximate surface area is 281 Å². The van der Waals surface area contributed by atoms with Crippen LogP contribution < -0.4 is 21.3 Å². The highest BCUT2D eigenvalue weighted by molar-refractivity contribution is 6.38. The minimum atomic E-state index is -1.03. The minimum Gasteiger partial charge on any atom is -0.375 e. The second-order valence-electron chi connectivity index (χ2n) is 14.1. The predicted molar refractivity (Wildman–Crippen MR) is 183 cm³/mol. The first-order valence-corrected chi connectivity index (χ1v) is 16.8. The van der Waals surface area contributed by atoms with Crippen LogP contribution in [0.4, 0.5) is 4.79 Å². The Morgan fingerprint density at radius 1 is 1.02 bits per heavy atom. The number of ketones is 1. The van der Waals surface area contributed by atoms with Gasteiger partial charge >= 0.3 is 6.03 Å². The van der Waals surface area contributed by atoms with E-state index in [1.54, 1.807) is 7.11 Å². The molecule has 262 valence electrons. The molecule has 0 aliphatic carbocycles. The number of urea groups is 1. The van der Waals surface area contributed by atoms with Crippen LogP contribution in [-0.4, -0.2) is 78.8 Å². The van der Waals surface area contributed by atoms with E-state index in [-0.39, 0.29) is 36.6 Å². The molecule has 1 fully saturated rings. The summed E-state index contributed by atoms with van der Waals surface area (Å²) in [5.41, 5.74) is 0.212. The van der Waals surface area contributed by atoms with E-state index >= 15 is 0 Å². The first-order chi connectivity index (χ1) is 22.1. The van der Waals surface area contributed by atoms with Gasteiger partial charge in [-0.2, -0.15) is 0 Å². The SMILES string of the molecule is C=CCNC(=O)C(=O)C(CCC)NC(=O)[C@@H]1C(C(C)C)CCN1C(=O)[C@@H](NC(=O)NC(C(C)C)[C@H](OC)c1ccccc1)C(C)(C)C. The molecule has 4 N–H and O–H groups in total. The Morgan fingerprint density at radius 3 is 2.17 bits per heavy atom. The number of methoxy groups -OCH3 is 1. The van der Waals surface area contributed by atoms with Crippen LogP contribution in [0.5, 0.6) is 0 Å². The number of hydrogen-bond donors (Lipinski definition) is 4. The van der Waals surface area contributed by atoms with E-state index in [9.17, 15) is 24.0 Å². The summed E-state index contributed by atoms with van der Waals surface area (Å²) in [6, 6.07) is 5.85. The molecule has 11 heteroatoms. The van der Waals surface area contributed by atoms with E-state index in [1.165, 1.54) is 11.0 Å². The molecule has 1 aromatic rings. The van der Waals surface area contributed by atoms with Crippen molar-refractivity contribution < 1.29 is 28.7 Å². The van der Waals surface area contributed by atoms with Crippen LogP contribution >= 0.6 is 0 Å². The minimum absolute atomic E-state index is 0.00535. The van der Waals surface area contributed by atoms with Crippen molar-refractivity contribution in [2.45, 2.75) is 105 Å². The summed E-state index contributed by atoms with van der Waals surface area (Å²) in [7, 11) is 1.60. The number of carbonyl (C=O) groups is 5. The highest BCUT2D eigenvalue weighted by Crippen LogP contribution is 2.34. The Bertz CT molecular complexity index is 1230. The van der Waals surface area contributed by atoms with Crippen LogP contribution in [0.15, 0.2) is 43.0 Å². The summed E-state index contributed by atoms with van der Waals surface area (Å²) in [6.07, 6.45) is 2.47. The van der Waals surface area contributed by atoms with Crippen molar-refractivity contribution in [2.24, 2.45) is 23.2 Å². The Hall–Kier alpha value is -3.73. The van der Waals surface area contributed by atoms with Gasteiger partial charge in [-0.3, -0.25) is 19.2 Å². The number of ether oxygens (including phenoxy) is 1. The van der Waals surface area contributed by atoms with Gasteiger partial charge in [0.2, 0.25) is 17.6 Å². The van der Waals surface area contributed by atoms with Gasteiger partial charge in [0.05, 0.1) is 12.1 Å². The van der Waals surface area contributed by atoms with Crippen LogP contribution in [0, 0.1) is 23.2 Å². The fraction of sp³-hybridized carbons (Fsp3) is 0.639. The molecule has 1 saturated heterocycles. The maximum absolute atomic E-state index is 14.4. The van der Waals surface area contributed by atoms with Gasteiger partial charge in [-0.1, -0.05) is 98.2 Å². The summed E-state index contributed by atoms with van der Waals surface area (Å²) >= 11 is 0. The molecule has 47 heavy (non-hydrogen) atoms. The van der Waals surface area contributed by atoms with E-state index in [1.807, 2.05) is 85.7 Å². The van der Waals surface area contributed by atoms with E-state index in [0.29, 0.717) is 19.4 Å². The third-order valence-corrected chi connectivity index (χ3v) is 8.81. The molecule has 3 unspecified atom stereocenters. The van der Waals surface area contributed by atoms with Crippen molar-refractivity contribution in [3.8, 4) is 0 Å². The molecule has 5 amide bonds. The van der Waals surface area contributed by atoms with Crippen LogP contribution in [0.3, 0.4) is 0 Å². The molecular formula is C36H57N5O6. The smallest absolute Gasteiger partial charge is 0.315 e. The number of hydrogen-bond acceptors (Lipinski definition) is 6. The van der Waals surface area contributed by atoms with Crippen molar-refractivity contribution in [1.29, 1.82) is 0 Å². The van der Waals surface area contributed by atoms with Gasteiger partial charge in [0.1, 0.15) is 18.2 Å². The van der Waals surface area contributed by atoms with Gasteiger partial charge < -0.3 is 30.9 Å². The number of nitrogens with zero attached hydrogens (tertiary/aromatic N) is 1. The Balaban J connectivity index is 2.34. The predicted octanol–water partition coefficient (Wildman–Crippen LogP) is 4.14. The largest absolute Gasteiger partial charge is 0.375 e. The van der Waals surface area contributed by atoms with Crippen molar-refractivity contribution in [2.75, 3.05) is 20.2 Å². The number of amides is 5. The molecule has 0 spiro atoms. The van der Waals surface area contributed by atoms with Crippen molar-refractivity contribution in [1.82, 2.24) is 26.2 Å². The lowest BCUT2D eigenvalue weighted by molar-refractivity contribution is -0.144. The monoisotopic (exact) mass is 655 g/mol. The third kappa shape index (κ3) is 10.6. The fourth-order valence-electron chi connectivity index (χ4n) is 6.19. The van der Waals surface area contributed by atoms with Gasteiger partial charge in [-0.15, -0.1) is 6.58 Å². The van der Waals surface area contributed by atoms with Crippen LogP contribution in [0.2, 0.25) is 0 Å². The highest BCUT2D eigenvalue weighted by Gasteiger charge is 2.48. The Kier molecular flexibility index (Phi) is 15.1. The molecule has 1 aromatic carbocycles. The molecular weight excluding hydrogens is 598 g/mol. The molecule has 11 nitrogen and oxygen atoms in total. The third-order valence-electron chi connectivity index (χ3n) is 8.81. The number of benzene rings is 1. The van der Waals surface area contributed by atoms with Gasteiger partial charge in [-0.25, -0.2) is 4.79 Å². The molecule has 2 rings (SSSR count). The van der Waals surface area contributed by atoms with Gasteiger partial charge in [0, 0.05) is 20.2 Å². The molecule has 1 aliphatic rings. The maximum atomic E-state index is 14.4. The van der Waals surface area contributed by atoms with Crippen molar-refractivity contribution in [3.05, 3.63) is 48.6 Å². The second-order valence-corrected chi connectivity index (χ2v) is 14.1. The Morgan fingerprint density at radius 2 is 1.66 bits per heavy atom. The topological polar surface area (TPSA) is 146 Å². The number of rotatable bonds is 16. The standard InChI is InChI=1S/C36H57N5O6/c1-11-16-26(29(42)33(44)37-20-12-2)38-32(43)28-25(22(3)4)19-21-41(28)34(45)31(36(7,8)9)40-35(46)39-27(23(5)6)30(47-10)24-17-14-13-15-18-24/h12-15,17-18,22-23,25-28,30-31H,2,11,16,19-21H2,1,3-10H3,(H,37,44)(H,38,43)(H2,39,40,46)/t25?,26?,27?,28-,30+,31+/m0/s1. The quantitative estimate of drug-likeness (QED) is 0.156. The molecule has 1 aliphatic heterocycles. The number of Topliss-reactive ketones (excluding diaryl/α,β-unsaturated/α-hetero) is 1. The number of likely N-dealkylation sites (tertiary alicyclic amines) is 1. The zero-order chi connectivity index (χ0) is 35.5. The fourth-order valence-corrected chi connectivity index (χ4v) is 6.19. The average Bonchev–Trinajstić information content (AvgIpc) is 3.47. The lowest BCUT2D eigenvalue weighted by Gasteiger charge is -2.38. The normalized spacial score (nSPS) is 19.0. The summed E-state index contributed by atoms with van der Waals surface area (Å²) in [6.45, 7) is 19.4. The second kappa shape index (κ2) is 18.0. The van der Waals surface area contributed by atoms with E-state index in [2.05, 4.69) is 27.8 Å². The average molecular weight is 656 g/mol. The number of carbonyl (C=O) groups excluding carboxylic acids is 5. The summed E-state index contributed by atoms with van der Waals surface area (Å²) in [4.78, 5) is 68.8. The lowest BCUT2D eigenvalue weighted by Crippen LogP contribution is -2.61. The summed E-state index contributed by atoms with van der Waals surface area (Å²) < 4.78 is 5.82.